The number of benzene rings is 1. The summed E-state index contributed by atoms with van der Waals surface area (Å²) in [5.74, 6) is 0.371. The molecule has 6 nitrogen and oxygen atoms in total. The van der Waals surface area contributed by atoms with Crippen LogP contribution in [0.25, 0.3) is 0 Å². The minimum Gasteiger partial charge on any atom is -0.338 e. The van der Waals surface area contributed by atoms with Crippen molar-refractivity contribution in [2.45, 2.75) is 31.7 Å². The van der Waals surface area contributed by atoms with E-state index in [1.54, 1.807) is 25.1 Å². The van der Waals surface area contributed by atoms with Gasteiger partial charge in [-0.15, -0.1) is 0 Å². The van der Waals surface area contributed by atoms with E-state index in [9.17, 15) is 13.2 Å². The largest absolute Gasteiger partial charge is 0.338 e. The number of amides is 2. The first-order valence-corrected chi connectivity index (χ1v) is 8.32. The van der Waals surface area contributed by atoms with Crippen LogP contribution in [0.15, 0.2) is 29.2 Å². The molecule has 0 heterocycles. The first kappa shape index (κ1) is 17.5. The Labute approximate surface area is 126 Å². The van der Waals surface area contributed by atoms with Gasteiger partial charge >= 0.3 is 6.03 Å². The molecule has 0 spiro atoms. The van der Waals surface area contributed by atoms with Crippen LogP contribution in [0.3, 0.4) is 0 Å². The van der Waals surface area contributed by atoms with Gasteiger partial charge in [-0.1, -0.05) is 26.0 Å². The summed E-state index contributed by atoms with van der Waals surface area (Å²) < 4.78 is 25.8. The number of rotatable bonds is 6. The van der Waals surface area contributed by atoms with E-state index < -0.39 is 10.0 Å². The van der Waals surface area contributed by atoms with Gasteiger partial charge < -0.3 is 10.6 Å². The summed E-state index contributed by atoms with van der Waals surface area (Å²) in [6.07, 6.45) is 0. The Balaban J connectivity index is 2.77. The summed E-state index contributed by atoms with van der Waals surface area (Å²) in [5, 5.41) is 5.54. The lowest BCUT2D eigenvalue weighted by Gasteiger charge is -2.16. The molecule has 0 fully saturated rings. The molecule has 0 aliphatic heterocycles. The van der Waals surface area contributed by atoms with Crippen molar-refractivity contribution in [2.75, 3.05) is 13.6 Å². The van der Waals surface area contributed by atoms with Gasteiger partial charge in [-0.2, -0.15) is 0 Å². The zero-order chi connectivity index (χ0) is 16.0. The van der Waals surface area contributed by atoms with Crippen molar-refractivity contribution in [1.29, 1.82) is 0 Å². The molecule has 3 N–H and O–H groups in total. The lowest BCUT2D eigenvalue weighted by Crippen LogP contribution is -2.38. The number of nitrogens with one attached hydrogen (secondary N) is 3. The molecule has 0 bridgehead atoms. The summed E-state index contributed by atoms with van der Waals surface area (Å²) in [6.45, 7) is 6.42. The second kappa shape index (κ2) is 7.42. The first-order chi connectivity index (χ1) is 9.76. The third-order valence-corrected chi connectivity index (χ3v) is 4.37. The molecule has 7 heteroatoms. The van der Waals surface area contributed by atoms with Crippen LogP contribution in [0.5, 0.6) is 0 Å². The molecule has 118 valence electrons. The number of carbonyl (C=O) groups excluding carboxylic acids is 1. The maximum Gasteiger partial charge on any atom is 0.315 e. The number of urea groups is 1. The van der Waals surface area contributed by atoms with Crippen molar-refractivity contribution >= 4 is 16.1 Å². The van der Waals surface area contributed by atoms with Gasteiger partial charge in [0.15, 0.2) is 0 Å². The number of sulfonamides is 1. The molecular weight excluding hydrogens is 290 g/mol. The molecule has 0 saturated carbocycles. The average molecular weight is 313 g/mol. The average Bonchev–Trinajstić information content (AvgIpc) is 2.45. The molecule has 1 unspecified atom stereocenters. The molecule has 0 aromatic heterocycles. The van der Waals surface area contributed by atoms with Gasteiger partial charge in [0.25, 0.3) is 0 Å². The van der Waals surface area contributed by atoms with Crippen molar-refractivity contribution in [3.05, 3.63) is 29.8 Å². The highest BCUT2D eigenvalue weighted by atomic mass is 32.2. The Bertz CT molecular complexity index is 585. The van der Waals surface area contributed by atoms with Crippen molar-refractivity contribution in [2.24, 2.45) is 5.92 Å². The molecule has 1 aromatic carbocycles. The molecule has 0 radical (unpaired) electrons. The maximum atomic E-state index is 11.8. The van der Waals surface area contributed by atoms with Gasteiger partial charge in [-0.3, -0.25) is 0 Å². The van der Waals surface area contributed by atoms with Crippen molar-refractivity contribution in [3.63, 3.8) is 0 Å². The van der Waals surface area contributed by atoms with Crippen LogP contribution < -0.4 is 15.4 Å². The Kier molecular flexibility index (Phi) is 6.17. The number of carbonyl (C=O) groups is 1. The molecule has 0 saturated heterocycles. The van der Waals surface area contributed by atoms with Crippen LogP contribution >= 0.6 is 0 Å². The Morgan fingerprint density at radius 2 is 1.90 bits per heavy atom. The van der Waals surface area contributed by atoms with Crippen LogP contribution in [0.2, 0.25) is 0 Å². The second-order valence-electron chi connectivity index (χ2n) is 5.25. The monoisotopic (exact) mass is 313 g/mol. The van der Waals surface area contributed by atoms with Gasteiger partial charge in [0.05, 0.1) is 10.9 Å². The highest BCUT2D eigenvalue weighted by molar-refractivity contribution is 7.89. The smallest absolute Gasteiger partial charge is 0.315 e. The van der Waals surface area contributed by atoms with E-state index in [0.29, 0.717) is 12.5 Å². The van der Waals surface area contributed by atoms with Gasteiger partial charge in [-0.05, 0) is 37.6 Å². The third kappa shape index (κ3) is 5.35. The van der Waals surface area contributed by atoms with Crippen LogP contribution in [-0.4, -0.2) is 28.0 Å². The highest BCUT2D eigenvalue weighted by Gasteiger charge is 2.15. The lowest BCUT2D eigenvalue weighted by molar-refractivity contribution is 0.236. The normalized spacial score (nSPS) is 13.0. The van der Waals surface area contributed by atoms with Crippen LogP contribution in [-0.2, 0) is 10.0 Å². The van der Waals surface area contributed by atoms with Gasteiger partial charge in [0.2, 0.25) is 10.0 Å². The maximum absolute atomic E-state index is 11.8. The van der Waals surface area contributed by atoms with Crippen LogP contribution in [0, 0.1) is 5.92 Å². The van der Waals surface area contributed by atoms with E-state index in [4.69, 9.17) is 0 Å². The molecule has 0 aliphatic carbocycles. The van der Waals surface area contributed by atoms with Crippen LogP contribution in [0.4, 0.5) is 4.79 Å². The van der Waals surface area contributed by atoms with Gasteiger partial charge in [0.1, 0.15) is 0 Å². The lowest BCUT2D eigenvalue weighted by atomic mass is 10.1. The zero-order valence-electron chi connectivity index (χ0n) is 12.8. The van der Waals surface area contributed by atoms with Crippen LogP contribution in [0.1, 0.15) is 32.4 Å². The first-order valence-electron chi connectivity index (χ1n) is 6.84. The predicted molar refractivity (Wildman–Crippen MR) is 82.5 cm³/mol. The minimum atomic E-state index is -3.48. The highest BCUT2D eigenvalue weighted by Crippen LogP contribution is 2.17. The predicted octanol–water partition coefficient (Wildman–Crippen LogP) is 1.61. The summed E-state index contributed by atoms with van der Waals surface area (Å²) in [7, 11) is -2.12. The number of hydrogen-bond donors (Lipinski definition) is 3. The molecule has 21 heavy (non-hydrogen) atoms. The minimum absolute atomic E-state index is 0.179. The Hall–Kier alpha value is -1.60. The van der Waals surface area contributed by atoms with E-state index in [1.807, 2.05) is 13.8 Å². The van der Waals surface area contributed by atoms with Gasteiger partial charge in [0, 0.05) is 6.54 Å². The van der Waals surface area contributed by atoms with E-state index in [-0.39, 0.29) is 17.0 Å². The molecule has 2 amide bonds. The standard InChI is InChI=1S/C14H23N3O3S/c1-10(2)9-16-14(18)17-11(3)12-6-5-7-13(8-12)21(19,20)15-4/h5-8,10-11,15H,9H2,1-4H3,(H2,16,17,18). The summed E-state index contributed by atoms with van der Waals surface area (Å²) in [4.78, 5) is 11.9. The SMILES string of the molecule is CNS(=O)(=O)c1cccc(C(C)NC(=O)NCC(C)C)c1. The Morgan fingerprint density at radius 3 is 2.48 bits per heavy atom. The fourth-order valence-corrected chi connectivity index (χ4v) is 2.48. The Morgan fingerprint density at radius 1 is 1.24 bits per heavy atom. The quantitative estimate of drug-likeness (QED) is 0.745. The van der Waals surface area contributed by atoms with Crippen molar-refractivity contribution in [3.8, 4) is 0 Å². The van der Waals surface area contributed by atoms with E-state index in [2.05, 4.69) is 15.4 Å². The molecular formula is C14H23N3O3S. The molecule has 1 aromatic rings. The molecule has 1 atom stereocenters. The third-order valence-electron chi connectivity index (χ3n) is 2.96. The zero-order valence-corrected chi connectivity index (χ0v) is 13.6. The van der Waals surface area contributed by atoms with E-state index in [0.717, 1.165) is 5.56 Å². The second-order valence-corrected chi connectivity index (χ2v) is 7.14. The van der Waals surface area contributed by atoms with Crippen molar-refractivity contribution in [1.82, 2.24) is 15.4 Å². The van der Waals surface area contributed by atoms with E-state index >= 15 is 0 Å². The van der Waals surface area contributed by atoms with Crippen molar-refractivity contribution < 1.29 is 13.2 Å². The summed E-state index contributed by atoms with van der Waals surface area (Å²) in [5.41, 5.74) is 0.728. The fraction of sp³-hybridized carbons (Fsp3) is 0.500. The molecule has 0 aliphatic rings. The summed E-state index contributed by atoms with van der Waals surface area (Å²) >= 11 is 0. The fourth-order valence-electron chi connectivity index (χ4n) is 1.70. The number of hydrogen-bond acceptors (Lipinski definition) is 3. The molecule has 1 rings (SSSR count). The van der Waals surface area contributed by atoms with E-state index in [1.165, 1.54) is 13.1 Å². The summed E-state index contributed by atoms with van der Waals surface area (Å²) in [6, 6.07) is 5.95. The topological polar surface area (TPSA) is 87.3 Å². The van der Waals surface area contributed by atoms with Gasteiger partial charge in [-0.25, -0.2) is 17.9 Å².